The van der Waals surface area contributed by atoms with Crippen LogP contribution in [0.25, 0.3) is 0 Å². The third kappa shape index (κ3) is 3.05. The molecule has 0 radical (unpaired) electrons. The van der Waals surface area contributed by atoms with E-state index in [1.165, 1.54) is 0 Å². The van der Waals surface area contributed by atoms with Gasteiger partial charge in [0.2, 0.25) is 0 Å². The zero-order valence-electron chi connectivity index (χ0n) is 12.6. The highest BCUT2D eigenvalue weighted by molar-refractivity contribution is 5.76. The highest BCUT2D eigenvalue weighted by Gasteiger charge is 2.64. The predicted molar refractivity (Wildman–Crippen MR) is 72.9 cm³/mol. The van der Waals surface area contributed by atoms with Crippen LogP contribution in [0.15, 0.2) is 0 Å². The summed E-state index contributed by atoms with van der Waals surface area (Å²) in [5.41, 5.74) is -2.57. The number of alkyl halides is 3. The van der Waals surface area contributed by atoms with E-state index in [1.807, 2.05) is 0 Å². The van der Waals surface area contributed by atoms with Gasteiger partial charge in [-0.05, 0) is 50.5 Å². The molecule has 2 rings (SSSR count). The molecular weight excluding hydrogens is 283 g/mol. The minimum Gasteiger partial charge on any atom is -0.481 e. The summed E-state index contributed by atoms with van der Waals surface area (Å²) in [4.78, 5) is 13.0. The molecule has 122 valence electrons. The summed E-state index contributed by atoms with van der Waals surface area (Å²) >= 11 is 0. The molecule has 3 nitrogen and oxygen atoms in total. The van der Waals surface area contributed by atoms with E-state index in [4.69, 9.17) is 5.11 Å². The summed E-state index contributed by atoms with van der Waals surface area (Å²) in [6, 6.07) is 0.114. The van der Waals surface area contributed by atoms with Crippen molar-refractivity contribution in [3.8, 4) is 0 Å². The summed E-state index contributed by atoms with van der Waals surface area (Å²) in [6.07, 6.45) is -1.17. The van der Waals surface area contributed by atoms with Crippen LogP contribution in [0.3, 0.4) is 0 Å². The first-order valence-electron chi connectivity index (χ1n) is 7.71. The van der Waals surface area contributed by atoms with Gasteiger partial charge in [0.1, 0.15) is 0 Å². The molecule has 1 saturated heterocycles. The van der Waals surface area contributed by atoms with Gasteiger partial charge < -0.3 is 5.11 Å². The van der Waals surface area contributed by atoms with E-state index in [2.05, 4.69) is 13.8 Å². The van der Waals surface area contributed by atoms with Crippen LogP contribution in [-0.2, 0) is 4.79 Å². The average molecular weight is 307 g/mol. The summed E-state index contributed by atoms with van der Waals surface area (Å²) in [5, 5.41) is 9.08. The molecule has 1 N–H and O–H groups in total. The molecule has 1 heterocycles. The van der Waals surface area contributed by atoms with Crippen molar-refractivity contribution < 1.29 is 23.1 Å². The van der Waals surface area contributed by atoms with Crippen LogP contribution in [-0.4, -0.2) is 41.3 Å². The van der Waals surface area contributed by atoms with Gasteiger partial charge in [-0.2, -0.15) is 13.2 Å². The van der Waals surface area contributed by atoms with Crippen LogP contribution < -0.4 is 0 Å². The summed E-state index contributed by atoms with van der Waals surface area (Å²) in [5.74, 6) is -0.470. The maximum Gasteiger partial charge on any atom is 0.406 e. The molecule has 1 aliphatic heterocycles. The highest BCUT2D eigenvalue weighted by Crippen LogP contribution is 2.47. The third-order valence-corrected chi connectivity index (χ3v) is 5.45. The Morgan fingerprint density at radius 3 is 2.19 bits per heavy atom. The van der Waals surface area contributed by atoms with E-state index in [-0.39, 0.29) is 25.6 Å². The largest absolute Gasteiger partial charge is 0.481 e. The average Bonchev–Trinajstić information content (AvgIpc) is 2.84. The second-order valence-corrected chi connectivity index (χ2v) is 6.92. The van der Waals surface area contributed by atoms with Gasteiger partial charge in [0, 0.05) is 12.6 Å². The van der Waals surface area contributed by atoms with Crippen LogP contribution in [0.5, 0.6) is 0 Å². The molecule has 2 fully saturated rings. The Kier molecular flexibility index (Phi) is 4.57. The molecule has 21 heavy (non-hydrogen) atoms. The summed E-state index contributed by atoms with van der Waals surface area (Å²) < 4.78 is 39.5. The Labute approximate surface area is 123 Å². The molecule has 1 aliphatic carbocycles. The number of carbonyl (C=O) groups is 1. The quantitative estimate of drug-likeness (QED) is 0.867. The van der Waals surface area contributed by atoms with Crippen molar-refractivity contribution in [1.29, 1.82) is 0 Å². The van der Waals surface area contributed by atoms with Gasteiger partial charge in [-0.3, -0.25) is 9.69 Å². The van der Waals surface area contributed by atoms with Crippen molar-refractivity contribution in [2.24, 2.45) is 17.3 Å². The van der Waals surface area contributed by atoms with Gasteiger partial charge in [0.25, 0.3) is 0 Å². The van der Waals surface area contributed by atoms with E-state index in [1.54, 1.807) is 4.90 Å². The minimum atomic E-state index is -4.68. The van der Waals surface area contributed by atoms with Crippen LogP contribution >= 0.6 is 0 Å². The van der Waals surface area contributed by atoms with E-state index < -0.39 is 17.6 Å². The summed E-state index contributed by atoms with van der Waals surface area (Å²) in [7, 11) is 0. The van der Waals surface area contributed by atoms with Gasteiger partial charge in [-0.1, -0.05) is 13.8 Å². The number of carboxylic acid groups (broad SMARTS) is 1. The van der Waals surface area contributed by atoms with Crippen molar-refractivity contribution >= 4 is 5.97 Å². The summed E-state index contributed by atoms with van der Waals surface area (Å²) in [6.45, 7) is 4.21. The standard InChI is InChI=1S/C15H24F3NO2/c1-10(2)11-3-5-12(6-4-11)19-8-7-14(9-19,13(20)21)15(16,17)18/h10-12H,3-9H2,1-2H3,(H,20,21). The SMILES string of the molecule is CC(C)C1CCC(N2CCC(C(=O)O)(C(F)(F)F)C2)CC1. The number of likely N-dealkylation sites (tertiary alicyclic amines) is 1. The lowest BCUT2D eigenvalue weighted by atomic mass is 9.79. The predicted octanol–water partition coefficient (Wildman–Crippen LogP) is 3.54. The van der Waals surface area contributed by atoms with Gasteiger partial charge in [-0.15, -0.1) is 0 Å². The normalized spacial score (nSPS) is 35.3. The Bertz CT molecular complexity index is 389. The maximum absolute atomic E-state index is 13.2. The van der Waals surface area contributed by atoms with Crippen LogP contribution in [0, 0.1) is 17.3 Å². The lowest BCUT2D eigenvalue weighted by molar-refractivity contribution is -0.228. The Hall–Kier alpha value is -0.780. The number of aliphatic carboxylic acids is 1. The second kappa shape index (κ2) is 5.78. The Morgan fingerprint density at radius 2 is 1.81 bits per heavy atom. The van der Waals surface area contributed by atoms with Gasteiger partial charge >= 0.3 is 12.1 Å². The molecule has 6 heteroatoms. The first-order chi connectivity index (χ1) is 9.67. The molecule has 1 atom stereocenters. The highest BCUT2D eigenvalue weighted by atomic mass is 19.4. The lowest BCUT2D eigenvalue weighted by Crippen LogP contribution is -2.48. The van der Waals surface area contributed by atoms with E-state index in [0.717, 1.165) is 25.7 Å². The first kappa shape index (κ1) is 16.6. The number of rotatable bonds is 3. The maximum atomic E-state index is 13.2. The number of nitrogens with zero attached hydrogens (tertiary/aromatic N) is 1. The molecule has 0 aromatic rings. The van der Waals surface area contributed by atoms with Gasteiger partial charge in [0.05, 0.1) is 0 Å². The number of carboxylic acids is 1. The van der Waals surface area contributed by atoms with Gasteiger partial charge in [0.15, 0.2) is 5.41 Å². The monoisotopic (exact) mass is 307 g/mol. The molecule has 0 spiro atoms. The molecule has 0 bridgehead atoms. The first-order valence-corrected chi connectivity index (χ1v) is 7.71. The zero-order valence-corrected chi connectivity index (χ0v) is 12.6. The van der Waals surface area contributed by atoms with E-state index in [9.17, 15) is 18.0 Å². The van der Waals surface area contributed by atoms with Crippen LogP contribution in [0.2, 0.25) is 0 Å². The van der Waals surface area contributed by atoms with Crippen LogP contribution in [0.4, 0.5) is 13.2 Å². The lowest BCUT2D eigenvalue weighted by Gasteiger charge is -2.37. The zero-order chi connectivity index (χ0) is 15.8. The smallest absolute Gasteiger partial charge is 0.406 e. The van der Waals surface area contributed by atoms with Crippen molar-refractivity contribution in [2.45, 2.75) is 58.2 Å². The third-order valence-electron chi connectivity index (χ3n) is 5.45. The van der Waals surface area contributed by atoms with Crippen molar-refractivity contribution in [3.05, 3.63) is 0 Å². The molecule has 1 saturated carbocycles. The van der Waals surface area contributed by atoms with Crippen LogP contribution in [0.1, 0.15) is 46.0 Å². The molecule has 0 amide bonds. The number of halogens is 3. The Balaban J connectivity index is 2.01. The topological polar surface area (TPSA) is 40.5 Å². The van der Waals surface area contributed by atoms with Crippen molar-refractivity contribution in [1.82, 2.24) is 4.90 Å². The van der Waals surface area contributed by atoms with E-state index >= 15 is 0 Å². The fraction of sp³-hybridized carbons (Fsp3) is 0.933. The van der Waals surface area contributed by atoms with E-state index in [0.29, 0.717) is 11.8 Å². The second-order valence-electron chi connectivity index (χ2n) is 6.92. The molecule has 0 aromatic carbocycles. The molecule has 0 aromatic heterocycles. The number of hydrogen-bond donors (Lipinski definition) is 1. The van der Waals surface area contributed by atoms with Gasteiger partial charge in [-0.25, -0.2) is 0 Å². The Morgan fingerprint density at radius 1 is 1.24 bits per heavy atom. The molecule has 1 unspecified atom stereocenters. The molecular formula is C15H24F3NO2. The fourth-order valence-electron chi connectivity index (χ4n) is 3.81. The van der Waals surface area contributed by atoms with Crippen molar-refractivity contribution in [3.63, 3.8) is 0 Å². The molecule has 2 aliphatic rings. The minimum absolute atomic E-state index is 0.114. The number of hydrogen-bond acceptors (Lipinski definition) is 2. The van der Waals surface area contributed by atoms with Crippen molar-refractivity contribution in [2.75, 3.05) is 13.1 Å². The fourth-order valence-corrected chi connectivity index (χ4v) is 3.81.